The van der Waals surface area contributed by atoms with Crippen LogP contribution >= 0.6 is 0 Å². The molecule has 0 amide bonds. The first-order valence-electron chi connectivity index (χ1n) is 8.04. The van der Waals surface area contributed by atoms with Crippen molar-refractivity contribution in [1.29, 1.82) is 0 Å². The molecule has 1 saturated heterocycles. The van der Waals surface area contributed by atoms with E-state index in [1.54, 1.807) is 0 Å². The minimum atomic E-state index is 0.555. The average molecular weight is 300 g/mol. The highest BCUT2D eigenvalue weighted by molar-refractivity contribution is 5.46. The Morgan fingerprint density at radius 1 is 1.09 bits per heavy atom. The highest BCUT2D eigenvalue weighted by atomic mass is 16.5. The average Bonchev–Trinajstić information content (AvgIpc) is 2.95. The lowest BCUT2D eigenvalue weighted by molar-refractivity contribution is 0.215. The van der Waals surface area contributed by atoms with Crippen molar-refractivity contribution >= 4 is 5.69 Å². The second-order valence-corrected chi connectivity index (χ2v) is 6.30. The van der Waals surface area contributed by atoms with Crippen LogP contribution < -0.4 is 4.90 Å². The van der Waals surface area contributed by atoms with Crippen molar-refractivity contribution < 1.29 is 4.52 Å². The molecule has 0 spiro atoms. The summed E-state index contributed by atoms with van der Waals surface area (Å²) in [5, 5.41) is 4.06. The Kier molecular flexibility index (Phi) is 4.73. The molecule has 0 saturated carbocycles. The molecule has 5 nitrogen and oxygen atoms in total. The van der Waals surface area contributed by atoms with Gasteiger partial charge in [0.1, 0.15) is 0 Å². The van der Waals surface area contributed by atoms with Crippen molar-refractivity contribution in [2.45, 2.75) is 26.8 Å². The molecule has 1 aliphatic heterocycles. The summed E-state index contributed by atoms with van der Waals surface area (Å²) in [6.07, 6.45) is 0.880. The van der Waals surface area contributed by atoms with E-state index < -0.39 is 0 Å². The number of rotatable bonds is 5. The summed E-state index contributed by atoms with van der Waals surface area (Å²) in [7, 11) is 0. The van der Waals surface area contributed by atoms with E-state index in [0.29, 0.717) is 5.92 Å². The fourth-order valence-electron chi connectivity index (χ4n) is 2.80. The highest BCUT2D eigenvalue weighted by Crippen LogP contribution is 2.16. The quantitative estimate of drug-likeness (QED) is 0.849. The molecule has 1 aromatic carbocycles. The lowest BCUT2D eigenvalue weighted by Crippen LogP contribution is -2.46. The standard InChI is InChI=1S/C17H24N4O/c1-14(2)12-16-18-17(22-19-16)13-20-8-10-21(11-9-20)15-6-4-3-5-7-15/h3-7,14H,8-13H2,1-2H3. The summed E-state index contributed by atoms with van der Waals surface area (Å²) >= 11 is 0. The predicted molar refractivity (Wildman–Crippen MR) is 86.8 cm³/mol. The lowest BCUT2D eigenvalue weighted by atomic mass is 10.1. The number of para-hydroxylation sites is 1. The molecule has 2 aromatic rings. The molecule has 118 valence electrons. The Labute approximate surface area is 131 Å². The molecule has 2 heterocycles. The van der Waals surface area contributed by atoms with Crippen LogP contribution in [-0.4, -0.2) is 41.2 Å². The minimum absolute atomic E-state index is 0.555. The number of hydrogen-bond donors (Lipinski definition) is 0. The maximum absolute atomic E-state index is 5.36. The Morgan fingerprint density at radius 2 is 1.82 bits per heavy atom. The van der Waals surface area contributed by atoms with Crippen molar-refractivity contribution in [1.82, 2.24) is 15.0 Å². The maximum Gasteiger partial charge on any atom is 0.240 e. The molecule has 1 aromatic heterocycles. The van der Waals surface area contributed by atoms with Gasteiger partial charge in [-0.15, -0.1) is 0 Å². The van der Waals surface area contributed by atoms with E-state index in [-0.39, 0.29) is 0 Å². The van der Waals surface area contributed by atoms with Crippen LogP contribution in [0.1, 0.15) is 25.6 Å². The number of hydrogen-bond acceptors (Lipinski definition) is 5. The van der Waals surface area contributed by atoms with Gasteiger partial charge in [-0.2, -0.15) is 4.98 Å². The molecule has 3 rings (SSSR count). The van der Waals surface area contributed by atoms with Gasteiger partial charge < -0.3 is 9.42 Å². The molecular formula is C17H24N4O. The topological polar surface area (TPSA) is 45.4 Å². The number of piperazine rings is 1. The molecule has 1 fully saturated rings. The first-order valence-corrected chi connectivity index (χ1v) is 8.04. The summed E-state index contributed by atoms with van der Waals surface area (Å²) in [6.45, 7) is 9.22. The third kappa shape index (κ3) is 3.85. The van der Waals surface area contributed by atoms with Crippen LogP contribution in [0.25, 0.3) is 0 Å². The minimum Gasteiger partial charge on any atom is -0.369 e. The maximum atomic E-state index is 5.36. The van der Waals surface area contributed by atoms with Gasteiger partial charge in [-0.1, -0.05) is 37.2 Å². The third-order valence-corrected chi connectivity index (χ3v) is 3.95. The molecule has 0 atom stereocenters. The van der Waals surface area contributed by atoms with Crippen LogP contribution in [0.15, 0.2) is 34.9 Å². The van der Waals surface area contributed by atoms with Gasteiger partial charge in [-0.25, -0.2) is 0 Å². The summed E-state index contributed by atoms with van der Waals surface area (Å²) in [6, 6.07) is 10.6. The third-order valence-electron chi connectivity index (χ3n) is 3.95. The van der Waals surface area contributed by atoms with Crippen LogP contribution in [0, 0.1) is 5.92 Å². The highest BCUT2D eigenvalue weighted by Gasteiger charge is 2.19. The second-order valence-electron chi connectivity index (χ2n) is 6.30. The van der Waals surface area contributed by atoms with Gasteiger partial charge in [-0.05, 0) is 18.1 Å². The van der Waals surface area contributed by atoms with Crippen LogP contribution in [0.4, 0.5) is 5.69 Å². The SMILES string of the molecule is CC(C)Cc1noc(CN2CCN(c3ccccc3)CC2)n1. The van der Waals surface area contributed by atoms with Gasteiger partial charge in [0.15, 0.2) is 5.82 Å². The van der Waals surface area contributed by atoms with E-state index in [2.05, 4.69) is 64.1 Å². The molecular weight excluding hydrogens is 276 g/mol. The largest absolute Gasteiger partial charge is 0.369 e. The van der Waals surface area contributed by atoms with Gasteiger partial charge >= 0.3 is 0 Å². The normalized spacial score (nSPS) is 16.4. The molecule has 1 aliphatic rings. The molecule has 22 heavy (non-hydrogen) atoms. The van der Waals surface area contributed by atoms with E-state index >= 15 is 0 Å². The fraction of sp³-hybridized carbons (Fsp3) is 0.529. The van der Waals surface area contributed by atoms with E-state index in [4.69, 9.17) is 4.52 Å². The predicted octanol–water partition coefficient (Wildman–Crippen LogP) is 2.59. The van der Waals surface area contributed by atoms with Crippen LogP contribution in [-0.2, 0) is 13.0 Å². The number of nitrogens with zero attached hydrogens (tertiary/aromatic N) is 4. The number of aromatic nitrogens is 2. The molecule has 0 radical (unpaired) electrons. The zero-order valence-corrected chi connectivity index (χ0v) is 13.4. The van der Waals surface area contributed by atoms with Crippen molar-refractivity contribution in [2.75, 3.05) is 31.1 Å². The van der Waals surface area contributed by atoms with Crippen LogP contribution in [0.3, 0.4) is 0 Å². The van der Waals surface area contributed by atoms with Gasteiger partial charge in [0, 0.05) is 38.3 Å². The van der Waals surface area contributed by atoms with Crippen molar-refractivity contribution in [3.8, 4) is 0 Å². The van der Waals surface area contributed by atoms with Crippen molar-refractivity contribution in [2.24, 2.45) is 5.92 Å². The Bertz CT molecular complexity index is 573. The van der Waals surface area contributed by atoms with Gasteiger partial charge in [0.05, 0.1) is 6.54 Å². The van der Waals surface area contributed by atoms with Crippen LogP contribution in [0.5, 0.6) is 0 Å². The first-order chi connectivity index (χ1) is 10.7. The molecule has 5 heteroatoms. The van der Waals surface area contributed by atoms with Crippen molar-refractivity contribution in [3.63, 3.8) is 0 Å². The Hall–Kier alpha value is -1.88. The van der Waals surface area contributed by atoms with Gasteiger partial charge in [0.2, 0.25) is 5.89 Å². The number of anilines is 1. The Morgan fingerprint density at radius 3 is 2.50 bits per heavy atom. The van der Waals surface area contributed by atoms with Crippen LogP contribution in [0.2, 0.25) is 0 Å². The van der Waals surface area contributed by atoms with Gasteiger partial charge in [0.25, 0.3) is 0 Å². The molecule has 0 unspecified atom stereocenters. The van der Waals surface area contributed by atoms with Crippen molar-refractivity contribution in [3.05, 3.63) is 42.0 Å². The van der Waals surface area contributed by atoms with E-state index in [1.807, 2.05) is 0 Å². The zero-order chi connectivity index (χ0) is 15.4. The first kappa shape index (κ1) is 15.0. The molecule has 0 bridgehead atoms. The van der Waals surface area contributed by atoms with E-state index in [0.717, 1.165) is 50.9 Å². The monoisotopic (exact) mass is 300 g/mol. The zero-order valence-electron chi connectivity index (χ0n) is 13.4. The molecule has 0 aliphatic carbocycles. The molecule has 0 N–H and O–H groups in total. The summed E-state index contributed by atoms with van der Waals surface area (Å²) in [4.78, 5) is 9.29. The smallest absolute Gasteiger partial charge is 0.240 e. The lowest BCUT2D eigenvalue weighted by Gasteiger charge is -2.35. The van der Waals surface area contributed by atoms with E-state index in [9.17, 15) is 0 Å². The summed E-state index contributed by atoms with van der Waals surface area (Å²) in [5.74, 6) is 2.12. The number of benzene rings is 1. The summed E-state index contributed by atoms with van der Waals surface area (Å²) in [5.41, 5.74) is 1.30. The second kappa shape index (κ2) is 6.92. The van der Waals surface area contributed by atoms with E-state index in [1.165, 1.54) is 5.69 Å². The Balaban J connectivity index is 1.50. The fourth-order valence-corrected chi connectivity index (χ4v) is 2.80. The summed E-state index contributed by atoms with van der Waals surface area (Å²) < 4.78 is 5.36. The van der Waals surface area contributed by atoms with Gasteiger partial charge in [-0.3, -0.25) is 4.90 Å².